The van der Waals surface area contributed by atoms with Crippen LogP contribution in [0.25, 0.3) is 0 Å². The molecule has 0 spiro atoms. The Morgan fingerprint density at radius 2 is 2.00 bits per heavy atom. The molecule has 80 valence electrons. The van der Waals surface area contributed by atoms with Crippen LogP contribution in [0, 0.1) is 0 Å². The summed E-state index contributed by atoms with van der Waals surface area (Å²) in [6.45, 7) is 0.688. The van der Waals surface area contributed by atoms with Crippen molar-refractivity contribution < 1.29 is 27.7 Å². The smallest absolute Gasteiger partial charge is 0.127 e. The average Bonchev–Trinajstić information content (AvgIpc) is 2.19. The molecule has 0 aromatic heterocycles. The van der Waals surface area contributed by atoms with Gasteiger partial charge in [0.25, 0.3) is 0 Å². The Kier molecular flexibility index (Phi) is 6.03. The summed E-state index contributed by atoms with van der Waals surface area (Å²) in [5, 5.41) is 0. The zero-order valence-corrected chi connectivity index (χ0v) is 9.10. The van der Waals surface area contributed by atoms with Crippen LogP contribution in [0.5, 0.6) is 11.5 Å². The van der Waals surface area contributed by atoms with Gasteiger partial charge >= 0.3 is 0 Å². The zero-order valence-electron chi connectivity index (χ0n) is 8.34. The Labute approximate surface area is 89.8 Å². The van der Waals surface area contributed by atoms with Crippen LogP contribution in [0.2, 0.25) is 0 Å². The Morgan fingerprint density at radius 3 is 2.50 bits per heavy atom. The first-order chi connectivity index (χ1) is 6.31. The number of hydrogen-bond donors (Lipinski definition) is 2. The van der Waals surface area contributed by atoms with E-state index in [1.165, 1.54) is 0 Å². The molecule has 5 heteroatoms. The zero-order chi connectivity index (χ0) is 9.68. The van der Waals surface area contributed by atoms with Gasteiger partial charge < -0.3 is 21.9 Å². The second-order valence-electron chi connectivity index (χ2n) is 2.60. The van der Waals surface area contributed by atoms with Crippen LogP contribution in [0.1, 0.15) is 5.56 Å². The highest BCUT2D eigenvalue weighted by molar-refractivity contribution is 5.40. The minimum atomic E-state index is 0. The maximum atomic E-state index is 5.19. The number of benzene rings is 1. The van der Waals surface area contributed by atoms with Gasteiger partial charge in [0.1, 0.15) is 11.5 Å². The van der Waals surface area contributed by atoms with E-state index in [4.69, 9.17) is 9.47 Å². The fraction of sp³-hybridized carbons (Fsp3) is 0.333. The third-order valence-electron chi connectivity index (χ3n) is 1.81. The molecular formula is C9H15ClN2O2. The summed E-state index contributed by atoms with van der Waals surface area (Å²) >= 11 is 0. The third kappa shape index (κ3) is 3.06. The highest BCUT2D eigenvalue weighted by atomic mass is 35.5. The summed E-state index contributed by atoms with van der Waals surface area (Å²) in [5.74, 6) is 5.17. The molecule has 0 atom stereocenters. The van der Waals surface area contributed by atoms with Crippen LogP contribution in [0.4, 0.5) is 0 Å². The lowest BCUT2D eigenvalue weighted by atomic mass is 10.2. The molecule has 0 amide bonds. The maximum absolute atomic E-state index is 5.19. The lowest BCUT2D eigenvalue weighted by molar-refractivity contribution is -0.446. The van der Waals surface area contributed by atoms with E-state index in [0.717, 1.165) is 17.1 Å². The van der Waals surface area contributed by atoms with E-state index < -0.39 is 0 Å². The quantitative estimate of drug-likeness (QED) is 0.529. The summed E-state index contributed by atoms with van der Waals surface area (Å²) in [6, 6.07) is 5.71. The van der Waals surface area contributed by atoms with Crippen molar-refractivity contribution in [1.29, 1.82) is 0 Å². The Balaban J connectivity index is 0.00000169. The lowest BCUT2D eigenvalue weighted by Crippen LogP contribution is -3.00. The molecule has 0 bridgehead atoms. The normalized spacial score (nSPS) is 9.07. The summed E-state index contributed by atoms with van der Waals surface area (Å²) < 4.78 is 10.3. The fourth-order valence-electron chi connectivity index (χ4n) is 1.13. The molecule has 1 rings (SSSR count). The molecule has 1 aromatic rings. The van der Waals surface area contributed by atoms with Gasteiger partial charge in [-0.2, -0.15) is 5.43 Å². The van der Waals surface area contributed by atoms with Gasteiger partial charge in [-0.25, -0.2) is 0 Å². The molecule has 0 radical (unpaired) electrons. The van der Waals surface area contributed by atoms with E-state index in [9.17, 15) is 0 Å². The SMILES string of the molecule is COc1ccc(CN[NH3+])c(OC)c1.[Cl-]. The molecule has 0 saturated heterocycles. The number of hydrogen-bond acceptors (Lipinski definition) is 3. The van der Waals surface area contributed by atoms with Crippen molar-refractivity contribution in [3.8, 4) is 11.5 Å². The second-order valence-corrected chi connectivity index (χ2v) is 2.60. The predicted molar refractivity (Wildman–Crippen MR) is 49.3 cm³/mol. The van der Waals surface area contributed by atoms with Gasteiger partial charge in [-0.3, -0.25) is 5.84 Å². The molecule has 0 aliphatic carbocycles. The highest BCUT2D eigenvalue weighted by Gasteiger charge is 2.03. The minimum absolute atomic E-state index is 0. The van der Waals surface area contributed by atoms with Crippen LogP contribution in [-0.2, 0) is 6.54 Å². The van der Waals surface area contributed by atoms with Crippen molar-refractivity contribution in [2.75, 3.05) is 14.2 Å². The first-order valence-electron chi connectivity index (χ1n) is 4.02. The standard InChI is InChI=1S/C9H14N2O2.ClH/c1-12-8-4-3-7(6-11-10)9(5-8)13-2;/h3-5,11H,6,10H2,1-2H3;1H. The molecule has 0 aliphatic heterocycles. The van der Waals surface area contributed by atoms with Gasteiger partial charge in [-0.05, 0) is 6.07 Å². The monoisotopic (exact) mass is 218 g/mol. The van der Waals surface area contributed by atoms with Gasteiger partial charge in [0.05, 0.1) is 20.8 Å². The van der Waals surface area contributed by atoms with Crippen molar-refractivity contribution in [1.82, 2.24) is 5.43 Å². The molecule has 4 nitrogen and oxygen atoms in total. The van der Waals surface area contributed by atoms with E-state index in [1.54, 1.807) is 14.2 Å². The fourth-order valence-corrected chi connectivity index (χ4v) is 1.13. The Bertz CT molecular complexity index is 282. The first-order valence-corrected chi connectivity index (χ1v) is 4.02. The highest BCUT2D eigenvalue weighted by Crippen LogP contribution is 2.23. The van der Waals surface area contributed by atoms with Crippen LogP contribution in [0.3, 0.4) is 0 Å². The number of nitrogens with one attached hydrogen (secondary N) is 1. The van der Waals surface area contributed by atoms with E-state index in [2.05, 4.69) is 11.3 Å². The summed E-state index contributed by atoms with van der Waals surface area (Å²) in [6.07, 6.45) is 0. The topological polar surface area (TPSA) is 58.1 Å². The number of quaternary nitrogens is 1. The third-order valence-corrected chi connectivity index (χ3v) is 1.81. The molecule has 4 N–H and O–H groups in total. The number of halogens is 1. The average molecular weight is 219 g/mol. The molecular weight excluding hydrogens is 204 g/mol. The number of methoxy groups -OCH3 is 2. The molecule has 0 aliphatic rings. The van der Waals surface area contributed by atoms with Gasteiger partial charge in [-0.15, -0.1) is 0 Å². The van der Waals surface area contributed by atoms with Crippen molar-refractivity contribution in [3.63, 3.8) is 0 Å². The van der Waals surface area contributed by atoms with Crippen molar-refractivity contribution >= 4 is 0 Å². The van der Waals surface area contributed by atoms with E-state index in [-0.39, 0.29) is 12.4 Å². The largest absolute Gasteiger partial charge is 1.00 e. The van der Waals surface area contributed by atoms with Crippen LogP contribution in [-0.4, -0.2) is 14.2 Å². The summed E-state index contributed by atoms with van der Waals surface area (Å²) in [5.41, 5.74) is 3.89. The van der Waals surface area contributed by atoms with Crippen LogP contribution in [0.15, 0.2) is 18.2 Å². The maximum Gasteiger partial charge on any atom is 0.127 e. The van der Waals surface area contributed by atoms with Gasteiger partial charge in [0.15, 0.2) is 0 Å². The number of ether oxygens (including phenoxy) is 2. The molecule has 0 unspecified atom stereocenters. The summed E-state index contributed by atoms with van der Waals surface area (Å²) in [4.78, 5) is 0. The van der Waals surface area contributed by atoms with Crippen molar-refractivity contribution in [2.45, 2.75) is 6.54 Å². The van der Waals surface area contributed by atoms with Gasteiger partial charge in [0.2, 0.25) is 0 Å². The van der Waals surface area contributed by atoms with Crippen molar-refractivity contribution in [2.24, 2.45) is 0 Å². The van der Waals surface area contributed by atoms with E-state index >= 15 is 0 Å². The van der Waals surface area contributed by atoms with Crippen molar-refractivity contribution in [3.05, 3.63) is 23.8 Å². The Morgan fingerprint density at radius 1 is 1.29 bits per heavy atom. The van der Waals surface area contributed by atoms with E-state index in [1.807, 2.05) is 18.2 Å². The van der Waals surface area contributed by atoms with Crippen LogP contribution >= 0.6 is 0 Å². The molecule has 0 heterocycles. The molecule has 0 saturated carbocycles. The molecule has 0 fully saturated rings. The predicted octanol–water partition coefficient (Wildman–Crippen LogP) is -3.05. The van der Waals surface area contributed by atoms with Gasteiger partial charge in [0, 0.05) is 11.6 Å². The minimum Gasteiger partial charge on any atom is -1.00 e. The molecule has 1 aromatic carbocycles. The van der Waals surface area contributed by atoms with E-state index in [0.29, 0.717) is 6.54 Å². The van der Waals surface area contributed by atoms with Gasteiger partial charge in [-0.1, -0.05) is 6.07 Å². The Hall–Kier alpha value is -0.970. The van der Waals surface area contributed by atoms with Crippen LogP contribution < -0.4 is 33.1 Å². The lowest BCUT2D eigenvalue weighted by Gasteiger charge is -2.08. The first kappa shape index (κ1) is 13.0. The second kappa shape index (κ2) is 6.48. The number of rotatable bonds is 4. The summed E-state index contributed by atoms with van der Waals surface area (Å²) in [7, 11) is 3.27. The molecule has 14 heavy (non-hydrogen) atoms.